The zero-order valence-electron chi connectivity index (χ0n) is 29.9. The van der Waals surface area contributed by atoms with Crippen molar-refractivity contribution in [2.75, 3.05) is 26.6 Å². The molecular formula is C38H40Cl2F2N4O7. The minimum absolute atomic E-state index is 0.0386. The van der Waals surface area contributed by atoms with Gasteiger partial charge >= 0.3 is 11.9 Å². The van der Waals surface area contributed by atoms with Crippen LogP contribution in [0.15, 0.2) is 54.6 Å². The highest BCUT2D eigenvalue weighted by Crippen LogP contribution is 2.53. The number of nitriles is 1. The highest BCUT2D eigenvalue weighted by atomic mass is 35.5. The molecule has 53 heavy (non-hydrogen) atoms. The van der Waals surface area contributed by atoms with Crippen LogP contribution in [0.3, 0.4) is 0 Å². The molecule has 2 amide bonds. The van der Waals surface area contributed by atoms with Gasteiger partial charge in [-0.1, -0.05) is 62.2 Å². The molecule has 282 valence electrons. The highest BCUT2D eigenvalue weighted by Gasteiger charge is 2.61. The summed E-state index contributed by atoms with van der Waals surface area (Å²) in [5.74, 6) is -5.72. The molecule has 0 spiro atoms. The van der Waals surface area contributed by atoms with Crippen LogP contribution in [-0.2, 0) is 29.3 Å². The van der Waals surface area contributed by atoms with Crippen molar-refractivity contribution in [1.82, 2.24) is 10.6 Å². The molecule has 0 bridgehead atoms. The van der Waals surface area contributed by atoms with E-state index in [1.54, 1.807) is 0 Å². The number of methoxy groups -OCH3 is 3. The first-order chi connectivity index (χ1) is 25.0. The predicted octanol–water partition coefficient (Wildman–Crippen LogP) is 6.47. The predicted molar refractivity (Wildman–Crippen MR) is 194 cm³/mol. The van der Waals surface area contributed by atoms with E-state index < -0.39 is 70.3 Å². The maximum absolute atomic E-state index is 16.0. The summed E-state index contributed by atoms with van der Waals surface area (Å²) in [4.78, 5) is 51.6. The van der Waals surface area contributed by atoms with Gasteiger partial charge in [0.15, 0.2) is 0 Å². The number of carbonyl (C=O) groups is 4. The molecule has 3 N–H and O–H groups in total. The Hall–Kier alpha value is -4.77. The maximum Gasteiger partial charge on any atom is 0.328 e. The Morgan fingerprint density at radius 2 is 1.74 bits per heavy atom. The van der Waals surface area contributed by atoms with Crippen molar-refractivity contribution in [3.8, 4) is 11.8 Å². The molecule has 3 aromatic rings. The summed E-state index contributed by atoms with van der Waals surface area (Å²) in [6, 6.07) is 11.1. The SMILES string of the molecule is COC(=O)CCC(NC(=O)c1ccc(NC(=O)C2NC(CC(C)(C)C)C(C#N)(c3ccc(Cl)cc3F)C2c2cccc(Cl)c2F)c(OC)c1)C(=O)OC. The summed E-state index contributed by atoms with van der Waals surface area (Å²) in [6.07, 6.45) is 0.0261. The smallest absolute Gasteiger partial charge is 0.328 e. The zero-order valence-corrected chi connectivity index (χ0v) is 31.5. The van der Waals surface area contributed by atoms with Crippen molar-refractivity contribution in [2.45, 2.75) is 69.5 Å². The van der Waals surface area contributed by atoms with E-state index in [1.807, 2.05) is 20.8 Å². The van der Waals surface area contributed by atoms with Gasteiger partial charge in [-0.2, -0.15) is 5.26 Å². The van der Waals surface area contributed by atoms with Crippen LogP contribution in [0.5, 0.6) is 5.75 Å². The number of ether oxygens (including phenoxy) is 3. The van der Waals surface area contributed by atoms with Gasteiger partial charge in [0.2, 0.25) is 5.91 Å². The van der Waals surface area contributed by atoms with Crippen LogP contribution in [0, 0.1) is 28.4 Å². The average Bonchev–Trinajstić information content (AvgIpc) is 3.43. The monoisotopic (exact) mass is 772 g/mol. The lowest BCUT2D eigenvalue weighted by molar-refractivity contribution is -0.144. The quantitative estimate of drug-likeness (QED) is 0.176. The van der Waals surface area contributed by atoms with E-state index in [-0.39, 0.29) is 57.4 Å². The van der Waals surface area contributed by atoms with E-state index in [1.165, 1.54) is 62.8 Å². The zero-order chi connectivity index (χ0) is 39.2. The van der Waals surface area contributed by atoms with E-state index in [2.05, 4.69) is 26.8 Å². The molecule has 5 unspecified atom stereocenters. The lowest BCUT2D eigenvalue weighted by Crippen LogP contribution is -2.45. The van der Waals surface area contributed by atoms with Crippen molar-refractivity contribution < 1.29 is 42.2 Å². The van der Waals surface area contributed by atoms with Gasteiger partial charge in [0.25, 0.3) is 5.91 Å². The molecule has 11 nitrogen and oxygen atoms in total. The first-order valence-corrected chi connectivity index (χ1v) is 17.3. The molecule has 1 saturated heterocycles. The van der Waals surface area contributed by atoms with E-state index in [0.717, 1.165) is 13.2 Å². The van der Waals surface area contributed by atoms with Crippen LogP contribution < -0.4 is 20.7 Å². The molecule has 0 aliphatic carbocycles. The molecule has 1 heterocycles. The number of carbonyl (C=O) groups excluding carboxylic acids is 4. The Morgan fingerprint density at radius 3 is 2.34 bits per heavy atom. The summed E-state index contributed by atoms with van der Waals surface area (Å²) in [7, 11) is 3.65. The second-order valence-corrected chi connectivity index (χ2v) is 14.6. The fourth-order valence-corrected chi connectivity index (χ4v) is 7.04. The molecule has 1 fully saturated rings. The van der Waals surface area contributed by atoms with E-state index in [4.69, 9.17) is 32.7 Å². The number of nitrogens with one attached hydrogen (secondary N) is 3. The molecule has 0 saturated carbocycles. The Bertz CT molecular complexity index is 1930. The fourth-order valence-electron chi connectivity index (χ4n) is 6.70. The minimum atomic E-state index is -1.84. The van der Waals surface area contributed by atoms with Gasteiger partial charge in [-0.05, 0) is 60.2 Å². The van der Waals surface area contributed by atoms with E-state index in [0.29, 0.717) is 0 Å². The minimum Gasteiger partial charge on any atom is -0.495 e. The number of benzene rings is 3. The summed E-state index contributed by atoms with van der Waals surface area (Å²) in [5.41, 5.74) is -2.30. The third-order valence-corrected chi connectivity index (χ3v) is 9.64. The summed E-state index contributed by atoms with van der Waals surface area (Å²) in [5, 5.41) is 19.5. The van der Waals surface area contributed by atoms with E-state index >= 15 is 8.78 Å². The third kappa shape index (κ3) is 8.89. The third-order valence-electron chi connectivity index (χ3n) is 9.11. The van der Waals surface area contributed by atoms with Crippen LogP contribution in [0.2, 0.25) is 10.0 Å². The number of rotatable bonds is 12. The number of esters is 2. The Kier molecular flexibility index (Phi) is 13.1. The fraction of sp³-hybridized carbons (Fsp3) is 0.395. The van der Waals surface area contributed by atoms with Gasteiger partial charge in [0.1, 0.15) is 28.8 Å². The van der Waals surface area contributed by atoms with Crippen molar-refractivity contribution in [3.05, 3.63) is 93.0 Å². The number of hydrogen-bond acceptors (Lipinski definition) is 9. The van der Waals surface area contributed by atoms with Gasteiger partial charge in [-0.25, -0.2) is 13.6 Å². The summed E-state index contributed by atoms with van der Waals surface area (Å²) in [6.45, 7) is 5.77. The van der Waals surface area contributed by atoms with Crippen molar-refractivity contribution in [1.29, 1.82) is 5.26 Å². The molecule has 5 atom stereocenters. The standard InChI is InChI=1S/C38H40Cl2F2N4O7/c1-37(2,3)18-29-38(19-43,23-12-11-21(39)17-25(23)41)31(22-8-7-9-24(40)32(22)42)33(46-29)35(49)44-26-13-10-20(16-28(26)51-4)34(48)45-27(36(50)53-6)14-15-30(47)52-5/h7-13,16-17,27,29,31,33,46H,14-15,18H2,1-6H3,(H,44,49)(H,45,48). The summed E-state index contributed by atoms with van der Waals surface area (Å²) >= 11 is 12.3. The molecule has 0 radical (unpaired) electrons. The number of anilines is 1. The summed E-state index contributed by atoms with van der Waals surface area (Å²) < 4.78 is 46.8. The Labute approximate surface area is 316 Å². The second kappa shape index (κ2) is 16.9. The van der Waals surface area contributed by atoms with Gasteiger partial charge in [-0.3, -0.25) is 14.4 Å². The molecule has 3 aromatic carbocycles. The molecule has 1 aliphatic heterocycles. The van der Waals surface area contributed by atoms with Crippen molar-refractivity contribution in [3.63, 3.8) is 0 Å². The second-order valence-electron chi connectivity index (χ2n) is 13.8. The highest BCUT2D eigenvalue weighted by molar-refractivity contribution is 6.31. The largest absolute Gasteiger partial charge is 0.495 e. The van der Waals surface area contributed by atoms with Gasteiger partial charge in [0, 0.05) is 34.5 Å². The van der Waals surface area contributed by atoms with Gasteiger partial charge in [-0.15, -0.1) is 0 Å². The Balaban J connectivity index is 1.77. The van der Waals surface area contributed by atoms with Gasteiger partial charge < -0.3 is 30.2 Å². The number of halogens is 4. The molecule has 1 aliphatic rings. The van der Waals surface area contributed by atoms with E-state index in [9.17, 15) is 24.4 Å². The van der Waals surface area contributed by atoms with Gasteiger partial charge in [0.05, 0.1) is 44.2 Å². The van der Waals surface area contributed by atoms with Crippen LogP contribution >= 0.6 is 23.2 Å². The van der Waals surface area contributed by atoms with Crippen LogP contribution in [0.4, 0.5) is 14.5 Å². The number of nitrogens with zero attached hydrogens (tertiary/aromatic N) is 1. The number of hydrogen-bond donors (Lipinski definition) is 3. The Morgan fingerprint density at radius 1 is 1.02 bits per heavy atom. The lowest BCUT2D eigenvalue weighted by Gasteiger charge is -2.37. The topological polar surface area (TPSA) is 156 Å². The molecule has 15 heteroatoms. The van der Waals surface area contributed by atoms with Crippen LogP contribution in [0.1, 0.15) is 67.4 Å². The molecule has 0 aromatic heterocycles. The molecule has 4 rings (SSSR count). The maximum atomic E-state index is 16.0. The first-order valence-electron chi connectivity index (χ1n) is 16.5. The van der Waals surface area contributed by atoms with Crippen molar-refractivity contribution >= 4 is 52.6 Å². The number of amides is 2. The van der Waals surface area contributed by atoms with Crippen LogP contribution in [-0.4, -0.2) is 63.2 Å². The van der Waals surface area contributed by atoms with Crippen molar-refractivity contribution in [2.24, 2.45) is 5.41 Å². The first kappa shape index (κ1) is 41.0. The molecular weight excluding hydrogens is 733 g/mol. The average molecular weight is 774 g/mol. The normalized spacial score (nSPS) is 20.1. The van der Waals surface area contributed by atoms with Crippen LogP contribution in [0.25, 0.3) is 0 Å². The lowest BCUT2D eigenvalue weighted by atomic mass is 9.62.